The zero-order valence-corrected chi connectivity index (χ0v) is 7.44. The second-order valence-corrected chi connectivity index (χ2v) is 1.46. The van der Waals surface area contributed by atoms with Gasteiger partial charge in [-0.3, -0.25) is 4.98 Å². The van der Waals surface area contributed by atoms with Crippen LogP contribution in [0.5, 0.6) is 0 Å². The Labute approximate surface area is 67.9 Å². The third-order valence-electron chi connectivity index (χ3n) is 0.897. The van der Waals surface area contributed by atoms with Crippen molar-refractivity contribution in [2.24, 2.45) is 0 Å². The normalized spacial score (nSPS) is 7.56. The van der Waals surface area contributed by atoms with Gasteiger partial charge in [0, 0.05) is 26.0 Å². The summed E-state index contributed by atoms with van der Waals surface area (Å²) in [4.78, 5) is 3.98. The summed E-state index contributed by atoms with van der Waals surface area (Å²) in [6.07, 6.45) is 3.47. The number of aromatic nitrogens is 1. The summed E-state index contributed by atoms with van der Waals surface area (Å²) in [5, 5.41) is 0. The average molecular weight is 295 g/mol. The predicted octanol–water partition coefficient (Wildman–Crippen LogP) is 1.72. The number of nitrogens with zero attached hydrogens (tertiary/aromatic N) is 1. The van der Waals surface area contributed by atoms with Gasteiger partial charge in [-0.1, -0.05) is 12.6 Å². The van der Waals surface area contributed by atoms with Crippen LogP contribution in [0.25, 0.3) is 6.08 Å². The fourth-order valence-corrected chi connectivity index (χ4v) is 0.497. The quantitative estimate of drug-likeness (QED) is 0.769. The van der Waals surface area contributed by atoms with E-state index in [2.05, 4.69) is 11.6 Å². The maximum Gasteiger partial charge on any atom is 0.0623 e. The van der Waals surface area contributed by atoms with Gasteiger partial charge >= 0.3 is 0 Å². The van der Waals surface area contributed by atoms with Crippen LogP contribution in [0, 0.1) is 0 Å². The molecule has 0 aliphatic heterocycles. The number of hydrogen-bond acceptors (Lipinski definition) is 1. The summed E-state index contributed by atoms with van der Waals surface area (Å²) in [7, 11) is 0. The summed E-state index contributed by atoms with van der Waals surface area (Å²) in [5.74, 6) is 0. The summed E-state index contributed by atoms with van der Waals surface area (Å²) >= 11 is 0. The van der Waals surface area contributed by atoms with Crippen molar-refractivity contribution in [2.45, 2.75) is 0 Å². The van der Waals surface area contributed by atoms with E-state index in [0.29, 0.717) is 0 Å². The molecule has 0 radical (unpaired) electrons. The molecule has 1 rings (SSSR count). The summed E-state index contributed by atoms with van der Waals surface area (Å²) in [5.41, 5.74) is 0.924. The fraction of sp³-hybridized carbons (Fsp3) is 0. The second kappa shape index (κ2) is 4.41. The molecule has 0 saturated carbocycles. The van der Waals surface area contributed by atoms with Gasteiger partial charge in [0.05, 0.1) is 5.69 Å². The molecule has 0 aliphatic rings. The Morgan fingerprint density at radius 1 is 1.44 bits per heavy atom. The minimum Gasteiger partial charge on any atom is -0.257 e. The van der Waals surface area contributed by atoms with Crippen molar-refractivity contribution in [3.8, 4) is 0 Å². The van der Waals surface area contributed by atoms with Crippen molar-refractivity contribution in [1.82, 2.24) is 4.98 Å². The zero-order chi connectivity index (χ0) is 5.82. The molecular formula is C7H7NOs. The molecular weight excluding hydrogens is 288 g/mol. The van der Waals surface area contributed by atoms with E-state index in [1.165, 1.54) is 0 Å². The first-order valence-corrected chi connectivity index (χ1v) is 2.47. The molecule has 0 amide bonds. The molecule has 0 aliphatic carbocycles. The molecule has 1 heterocycles. The van der Waals surface area contributed by atoms with Gasteiger partial charge in [-0.15, -0.1) is 0 Å². The van der Waals surface area contributed by atoms with Gasteiger partial charge < -0.3 is 0 Å². The fourth-order valence-electron chi connectivity index (χ4n) is 0.497. The molecule has 0 atom stereocenters. The molecule has 1 aromatic rings. The van der Waals surface area contributed by atoms with Gasteiger partial charge in [-0.2, -0.15) is 0 Å². The molecule has 0 aromatic carbocycles. The van der Waals surface area contributed by atoms with Gasteiger partial charge in [0.15, 0.2) is 0 Å². The Bertz CT molecular complexity index is 172. The average Bonchev–Trinajstić information content (AvgIpc) is 1.90. The molecule has 1 aromatic heterocycles. The maximum atomic E-state index is 3.98. The van der Waals surface area contributed by atoms with E-state index >= 15 is 0 Å². The van der Waals surface area contributed by atoms with E-state index in [4.69, 9.17) is 0 Å². The van der Waals surface area contributed by atoms with Crippen LogP contribution in [-0.2, 0) is 19.8 Å². The Balaban J connectivity index is 0.000000640. The molecule has 2 heteroatoms. The van der Waals surface area contributed by atoms with Gasteiger partial charge in [0.25, 0.3) is 0 Å². The Hall–Kier alpha value is -0.474. The number of pyridine rings is 1. The van der Waals surface area contributed by atoms with Crippen LogP contribution in [0.15, 0.2) is 31.0 Å². The van der Waals surface area contributed by atoms with Gasteiger partial charge in [0.1, 0.15) is 0 Å². The van der Waals surface area contributed by atoms with Gasteiger partial charge in [0.2, 0.25) is 0 Å². The first-order chi connectivity index (χ1) is 3.93. The molecule has 1 nitrogen and oxygen atoms in total. The van der Waals surface area contributed by atoms with E-state index < -0.39 is 0 Å². The van der Waals surface area contributed by atoms with Crippen LogP contribution in [-0.4, -0.2) is 4.98 Å². The topological polar surface area (TPSA) is 12.9 Å². The van der Waals surface area contributed by atoms with Crippen LogP contribution < -0.4 is 0 Å². The monoisotopic (exact) mass is 297 g/mol. The third kappa shape index (κ3) is 2.53. The molecule has 48 valence electrons. The minimum absolute atomic E-state index is 0. The van der Waals surface area contributed by atoms with Gasteiger partial charge in [-0.25, -0.2) is 0 Å². The van der Waals surface area contributed by atoms with E-state index in [-0.39, 0.29) is 19.8 Å². The van der Waals surface area contributed by atoms with Crippen molar-refractivity contribution in [3.05, 3.63) is 36.7 Å². The summed E-state index contributed by atoms with van der Waals surface area (Å²) < 4.78 is 0. The Kier molecular flexibility index (Phi) is 4.18. The SMILES string of the molecule is C=Cc1ccccn1.[Os]. The van der Waals surface area contributed by atoms with Crippen molar-refractivity contribution in [1.29, 1.82) is 0 Å². The molecule has 0 saturated heterocycles. The molecule has 9 heavy (non-hydrogen) atoms. The maximum absolute atomic E-state index is 3.98. The summed E-state index contributed by atoms with van der Waals surface area (Å²) in [6, 6.07) is 5.73. The minimum atomic E-state index is 0. The standard InChI is InChI=1S/C7H7N.Os/c1-2-7-5-3-4-6-8-7;/h2-6H,1H2;. The van der Waals surface area contributed by atoms with Crippen LogP contribution in [0.1, 0.15) is 5.69 Å². The summed E-state index contributed by atoms with van der Waals surface area (Å²) in [6.45, 7) is 3.57. The second-order valence-electron chi connectivity index (χ2n) is 1.46. The van der Waals surface area contributed by atoms with E-state index in [0.717, 1.165) is 5.69 Å². The molecule has 0 unspecified atom stereocenters. The van der Waals surface area contributed by atoms with E-state index in [1.807, 2.05) is 18.2 Å². The predicted molar refractivity (Wildman–Crippen MR) is 34.3 cm³/mol. The first-order valence-electron chi connectivity index (χ1n) is 2.47. The van der Waals surface area contributed by atoms with Crippen LogP contribution in [0.3, 0.4) is 0 Å². The molecule has 0 fully saturated rings. The van der Waals surface area contributed by atoms with Crippen molar-refractivity contribution in [3.63, 3.8) is 0 Å². The smallest absolute Gasteiger partial charge is 0.0623 e. The Morgan fingerprint density at radius 3 is 2.56 bits per heavy atom. The van der Waals surface area contributed by atoms with Crippen molar-refractivity contribution < 1.29 is 19.8 Å². The molecule has 0 bridgehead atoms. The molecule has 0 spiro atoms. The largest absolute Gasteiger partial charge is 0.257 e. The first kappa shape index (κ1) is 8.53. The van der Waals surface area contributed by atoms with E-state index in [1.54, 1.807) is 12.3 Å². The third-order valence-corrected chi connectivity index (χ3v) is 0.897. The number of hydrogen-bond donors (Lipinski definition) is 0. The Morgan fingerprint density at radius 2 is 2.22 bits per heavy atom. The zero-order valence-electron chi connectivity index (χ0n) is 4.89. The van der Waals surface area contributed by atoms with Crippen molar-refractivity contribution in [2.75, 3.05) is 0 Å². The van der Waals surface area contributed by atoms with Crippen LogP contribution in [0.2, 0.25) is 0 Å². The van der Waals surface area contributed by atoms with Gasteiger partial charge in [-0.05, 0) is 18.2 Å². The number of rotatable bonds is 1. The van der Waals surface area contributed by atoms with Crippen molar-refractivity contribution >= 4 is 6.08 Å². The molecule has 0 N–H and O–H groups in total. The van der Waals surface area contributed by atoms with Crippen LogP contribution >= 0.6 is 0 Å². The van der Waals surface area contributed by atoms with Crippen LogP contribution in [0.4, 0.5) is 0 Å². The van der Waals surface area contributed by atoms with E-state index in [9.17, 15) is 0 Å².